The van der Waals surface area contributed by atoms with Gasteiger partial charge in [0.2, 0.25) is 0 Å². The van der Waals surface area contributed by atoms with E-state index in [9.17, 15) is 5.11 Å². The number of anilines is 1. The number of phenolic OH excluding ortho intramolecular Hbond substituents is 1. The summed E-state index contributed by atoms with van der Waals surface area (Å²) >= 11 is 1.59. The van der Waals surface area contributed by atoms with E-state index < -0.39 is 0 Å². The fraction of sp³-hybridized carbons (Fsp3) is 0.250. The summed E-state index contributed by atoms with van der Waals surface area (Å²) in [4.78, 5) is 5.83. The van der Waals surface area contributed by atoms with Gasteiger partial charge in [0.05, 0.1) is 19.4 Å². The van der Waals surface area contributed by atoms with Crippen LogP contribution in [-0.2, 0) is 6.54 Å². The smallest absolute Gasteiger partial charge is 0.183 e. The van der Waals surface area contributed by atoms with Crippen molar-refractivity contribution in [1.82, 2.24) is 4.98 Å². The molecule has 0 fully saturated rings. The number of aromatic nitrogens is 1. The molecule has 3 aromatic rings. The maximum Gasteiger partial charge on any atom is 0.183 e. The molecule has 1 heterocycles. The highest BCUT2D eigenvalue weighted by atomic mass is 32.1. The Balaban J connectivity index is 1.74. The van der Waals surface area contributed by atoms with Crippen LogP contribution in [0, 0.1) is 6.92 Å². The van der Waals surface area contributed by atoms with Gasteiger partial charge in [0.15, 0.2) is 16.6 Å². The van der Waals surface area contributed by atoms with Crippen molar-refractivity contribution >= 4 is 16.5 Å². The van der Waals surface area contributed by atoms with Gasteiger partial charge in [-0.15, -0.1) is 11.3 Å². The normalized spacial score (nSPS) is 10.6. The van der Waals surface area contributed by atoms with Crippen LogP contribution in [0.4, 0.5) is 5.13 Å². The fourth-order valence-electron chi connectivity index (χ4n) is 2.66. The van der Waals surface area contributed by atoms with E-state index in [0.29, 0.717) is 18.9 Å². The Morgan fingerprint density at radius 2 is 1.92 bits per heavy atom. The molecule has 0 aliphatic rings. The average molecular weight is 370 g/mol. The van der Waals surface area contributed by atoms with Crippen LogP contribution in [0.25, 0.3) is 11.3 Å². The molecule has 0 saturated carbocycles. The molecule has 3 rings (SSSR count). The van der Waals surface area contributed by atoms with Crippen molar-refractivity contribution in [3.63, 3.8) is 0 Å². The largest absolute Gasteiger partial charge is 0.504 e. The van der Waals surface area contributed by atoms with Crippen LogP contribution in [0.1, 0.15) is 17.4 Å². The van der Waals surface area contributed by atoms with E-state index in [2.05, 4.69) is 12.2 Å². The zero-order valence-corrected chi connectivity index (χ0v) is 15.9. The molecular weight excluding hydrogens is 348 g/mol. The Morgan fingerprint density at radius 1 is 1.15 bits per heavy atom. The number of para-hydroxylation sites is 1. The number of benzene rings is 2. The third-order valence-electron chi connectivity index (χ3n) is 3.97. The molecule has 0 unspecified atom stereocenters. The standard InChI is InChI=1S/C20H22N2O3S/c1-4-25-16-10-8-14(9-11-16)18-13(2)26-20(22-18)21-12-15-6-5-7-17(24-3)19(15)23/h5-11,23H,4,12H2,1-3H3,(H,21,22). The van der Waals surface area contributed by atoms with E-state index in [-0.39, 0.29) is 5.75 Å². The number of hydrogen-bond acceptors (Lipinski definition) is 6. The summed E-state index contributed by atoms with van der Waals surface area (Å²) in [6, 6.07) is 13.4. The molecule has 0 aliphatic carbocycles. The van der Waals surface area contributed by atoms with Crippen LogP contribution >= 0.6 is 11.3 Å². The Morgan fingerprint density at radius 3 is 2.62 bits per heavy atom. The first-order valence-electron chi connectivity index (χ1n) is 8.41. The van der Waals surface area contributed by atoms with Gasteiger partial charge in [-0.05, 0) is 44.2 Å². The summed E-state index contributed by atoms with van der Waals surface area (Å²) in [6.07, 6.45) is 0. The number of phenols is 1. The molecule has 0 bridgehead atoms. The second-order valence-corrected chi connectivity index (χ2v) is 6.91. The SMILES string of the molecule is CCOc1ccc(-c2nc(NCc3cccc(OC)c3O)sc2C)cc1. The van der Waals surface area contributed by atoms with Crippen molar-refractivity contribution in [3.8, 4) is 28.5 Å². The van der Waals surface area contributed by atoms with E-state index in [1.807, 2.05) is 43.3 Å². The number of aromatic hydroxyl groups is 1. The molecule has 2 aromatic carbocycles. The Kier molecular flexibility index (Phi) is 5.63. The van der Waals surface area contributed by atoms with Gasteiger partial charge < -0.3 is 19.9 Å². The van der Waals surface area contributed by atoms with Crippen LogP contribution in [0.5, 0.6) is 17.2 Å². The van der Waals surface area contributed by atoms with Gasteiger partial charge >= 0.3 is 0 Å². The molecule has 0 aliphatic heterocycles. The topological polar surface area (TPSA) is 63.6 Å². The average Bonchev–Trinajstić information content (AvgIpc) is 3.02. The molecule has 0 amide bonds. The van der Waals surface area contributed by atoms with Crippen molar-refractivity contribution in [1.29, 1.82) is 0 Å². The molecular formula is C20H22N2O3S. The molecule has 0 radical (unpaired) electrons. The highest BCUT2D eigenvalue weighted by Crippen LogP contribution is 2.33. The third-order valence-corrected chi connectivity index (χ3v) is 4.90. The van der Waals surface area contributed by atoms with Gasteiger partial charge in [-0.25, -0.2) is 4.98 Å². The first-order valence-corrected chi connectivity index (χ1v) is 9.23. The first kappa shape index (κ1) is 18.1. The van der Waals surface area contributed by atoms with Crippen molar-refractivity contribution in [2.24, 2.45) is 0 Å². The summed E-state index contributed by atoms with van der Waals surface area (Å²) in [5.41, 5.74) is 2.77. The number of thiazole rings is 1. The van der Waals surface area contributed by atoms with E-state index >= 15 is 0 Å². The number of methoxy groups -OCH3 is 1. The molecule has 0 spiro atoms. The highest BCUT2D eigenvalue weighted by molar-refractivity contribution is 7.16. The van der Waals surface area contributed by atoms with Gasteiger partial charge in [-0.1, -0.05) is 12.1 Å². The lowest BCUT2D eigenvalue weighted by atomic mass is 10.1. The van der Waals surface area contributed by atoms with E-state index in [4.69, 9.17) is 14.5 Å². The Bertz CT molecular complexity index is 875. The number of ether oxygens (including phenoxy) is 2. The van der Waals surface area contributed by atoms with E-state index in [0.717, 1.165) is 32.6 Å². The van der Waals surface area contributed by atoms with Gasteiger partial charge in [0, 0.05) is 22.5 Å². The minimum absolute atomic E-state index is 0.155. The predicted molar refractivity (Wildman–Crippen MR) is 105 cm³/mol. The first-order chi connectivity index (χ1) is 12.6. The zero-order chi connectivity index (χ0) is 18.5. The summed E-state index contributed by atoms with van der Waals surface area (Å²) in [5, 5.41) is 14.3. The summed E-state index contributed by atoms with van der Waals surface area (Å²) in [7, 11) is 1.54. The maximum atomic E-state index is 10.2. The molecule has 1 aromatic heterocycles. The predicted octanol–water partition coefficient (Wildman–Crippen LogP) is 4.84. The van der Waals surface area contributed by atoms with Crippen molar-refractivity contribution in [3.05, 3.63) is 52.9 Å². The summed E-state index contributed by atoms with van der Waals surface area (Å²) in [5.74, 6) is 1.48. The van der Waals surface area contributed by atoms with Crippen LogP contribution in [0.2, 0.25) is 0 Å². The molecule has 26 heavy (non-hydrogen) atoms. The number of hydrogen-bond donors (Lipinski definition) is 2. The van der Waals surface area contributed by atoms with Crippen molar-refractivity contribution in [2.45, 2.75) is 20.4 Å². The summed E-state index contributed by atoms with van der Waals surface area (Å²) in [6.45, 7) is 5.15. The molecule has 136 valence electrons. The second-order valence-electron chi connectivity index (χ2n) is 5.70. The van der Waals surface area contributed by atoms with Crippen molar-refractivity contribution in [2.75, 3.05) is 19.0 Å². The molecule has 0 saturated heterocycles. The minimum atomic E-state index is 0.155. The van der Waals surface area contributed by atoms with E-state index in [1.165, 1.54) is 0 Å². The Labute approximate surface area is 157 Å². The maximum absolute atomic E-state index is 10.2. The number of nitrogens with zero attached hydrogens (tertiary/aromatic N) is 1. The highest BCUT2D eigenvalue weighted by Gasteiger charge is 2.12. The van der Waals surface area contributed by atoms with Gasteiger partial charge in [-0.2, -0.15) is 0 Å². The molecule has 6 heteroatoms. The minimum Gasteiger partial charge on any atom is -0.504 e. The fourth-order valence-corrected chi connectivity index (χ4v) is 3.49. The molecule has 0 atom stereocenters. The second kappa shape index (κ2) is 8.10. The Hall–Kier alpha value is -2.73. The number of aryl methyl sites for hydroxylation is 1. The number of nitrogens with one attached hydrogen (secondary N) is 1. The van der Waals surface area contributed by atoms with Crippen LogP contribution in [-0.4, -0.2) is 23.8 Å². The van der Waals surface area contributed by atoms with Crippen LogP contribution < -0.4 is 14.8 Å². The lowest BCUT2D eigenvalue weighted by Gasteiger charge is -2.09. The lowest BCUT2D eigenvalue weighted by Crippen LogP contribution is -2.00. The molecule has 5 nitrogen and oxygen atoms in total. The van der Waals surface area contributed by atoms with Gasteiger partial charge in [0.25, 0.3) is 0 Å². The van der Waals surface area contributed by atoms with E-state index in [1.54, 1.807) is 24.5 Å². The quantitative estimate of drug-likeness (QED) is 0.623. The van der Waals surface area contributed by atoms with Crippen LogP contribution in [0.15, 0.2) is 42.5 Å². The lowest BCUT2D eigenvalue weighted by molar-refractivity contribution is 0.340. The number of rotatable bonds is 7. The molecule has 2 N–H and O–H groups in total. The van der Waals surface area contributed by atoms with Crippen molar-refractivity contribution < 1.29 is 14.6 Å². The zero-order valence-electron chi connectivity index (χ0n) is 15.1. The van der Waals surface area contributed by atoms with Crippen LogP contribution in [0.3, 0.4) is 0 Å². The van der Waals surface area contributed by atoms with Gasteiger partial charge in [0.1, 0.15) is 5.75 Å². The summed E-state index contributed by atoms with van der Waals surface area (Å²) < 4.78 is 10.6. The van der Waals surface area contributed by atoms with Gasteiger partial charge in [-0.3, -0.25) is 0 Å². The monoisotopic (exact) mass is 370 g/mol. The third kappa shape index (κ3) is 3.91.